The summed E-state index contributed by atoms with van der Waals surface area (Å²) in [5.74, 6) is 1.15. The average Bonchev–Trinajstić information content (AvgIpc) is 2.85. The highest BCUT2D eigenvalue weighted by Crippen LogP contribution is 2.40. The van der Waals surface area contributed by atoms with E-state index in [-0.39, 0.29) is 24.2 Å². The first-order valence-electron chi connectivity index (χ1n) is 12.7. The maximum atomic E-state index is 15.1. The molecule has 1 nitrogen and oxygen atoms in total. The lowest BCUT2D eigenvalue weighted by atomic mass is 9.77. The number of hydrogen-bond acceptors (Lipinski definition) is 1. The molecule has 0 radical (unpaired) electrons. The Morgan fingerprint density at radius 3 is 2.06 bits per heavy atom. The maximum Gasteiger partial charge on any atom is 0.131 e. The van der Waals surface area contributed by atoms with Gasteiger partial charge in [-0.2, -0.15) is 0 Å². The van der Waals surface area contributed by atoms with Crippen molar-refractivity contribution in [2.75, 3.05) is 20.4 Å². The van der Waals surface area contributed by atoms with Gasteiger partial charge in [0.2, 0.25) is 0 Å². The Morgan fingerprint density at radius 1 is 0.788 bits per heavy atom. The van der Waals surface area contributed by atoms with Crippen LogP contribution < -0.4 is 0 Å². The van der Waals surface area contributed by atoms with Gasteiger partial charge in [-0.25, -0.2) is 8.78 Å². The summed E-state index contributed by atoms with van der Waals surface area (Å²) in [4.78, 5) is 0. The minimum atomic E-state index is -0.341. The third kappa shape index (κ3) is 6.01. The van der Waals surface area contributed by atoms with Crippen LogP contribution >= 0.6 is 0 Å². The molecule has 0 atom stereocenters. The summed E-state index contributed by atoms with van der Waals surface area (Å²) in [5, 5.41) is 0. The van der Waals surface area contributed by atoms with Gasteiger partial charge in [0, 0.05) is 19.3 Å². The van der Waals surface area contributed by atoms with Crippen LogP contribution in [0.3, 0.4) is 0 Å². The van der Waals surface area contributed by atoms with Gasteiger partial charge in [0.1, 0.15) is 11.6 Å². The lowest BCUT2D eigenvalue weighted by Crippen LogP contribution is -2.18. The number of methoxy groups -OCH3 is 1. The number of alkyl halides is 1. The maximum absolute atomic E-state index is 15.1. The summed E-state index contributed by atoms with van der Waals surface area (Å²) in [6, 6.07) is 10.8. The lowest BCUT2D eigenvalue weighted by molar-refractivity contribution is 0.127. The van der Waals surface area contributed by atoms with E-state index >= 15 is 8.78 Å². The van der Waals surface area contributed by atoms with Gasteiger partial charge < -0.3 is 4.74 Å². The first-order chi connectivity index (χ1) is 16.1. The monoisotopic (exact) mass is 458 g/mol. The SMILES string of the molecule is COCC1CCC(c2cc(F)c(-c3ccc(C4CCC(CCCF)CC4)cc3)cc2F)CC1. The predicted octanol–water partition coefficient (Wildman–Crippen LogP) is 8.58. The van der Waals surface area contributed by atoms with Crippen molar-refractivity contribution < 1.29 is 17.9 Å². The average molecular weight is 459 g/mol. The molecule has 0 aromatic heterocycles. The zero-order valence-electron chi connectivity index (χ0n) is 19.8. The molecule has 0 heterocycles. The van der Waals surface area contributed by atoms with E-state index in [9.17, 15) is 4.39 Å². The number of rotatable bonds is 8. The van der Waals surface area contributed by atoms with Crippen LogP contribution in [0.1, 0.15) is 87.2 Å². The highest BCUT2D eigenvalue weighted by molar-refractivity contribution is 5.65. The molecule has 33 heavy (non-hydrogen) atoms. The Balaban J connectivity index is 1.41. The van der Waals surface area contributed by atoms with E-state index in [2.05, 4.69) is 12.1 Å². The second-order valence-electron chi connectivity index (χ2n) is 10.2. The fourth-order valence-corrected chi connectivity index (χ4v) is 6.06. The van der Waals surface area contributed by atoms with Crippen LogP contribution in [0.2, 0.25) is 0 Å². The minimum absolute atomic E-state index is 0.0871. The van der Waals surface area contributed by atoms with Gasteiger partial charge in [0.15, 0.2) is 0 Å². The van der Waals surface area contributed by atoms with Crippen molar-refractivity contribution in [3.63, 3.8) is 0 Å². The smallest absolute Gasteiger partial charge is 0.131 e. The van der Waals surface area contributed by atoms with Crippen molar-refractivity contribution in [2.45, 2.75) is 76.0 Å². The highest BCUT2D eigenvalue weighted by Gasteiger charge is 2.26. The summed E-state index contributed by atoms with van der Waals surface area (Å²) in [6.07, 6.45) is 10.0. The third-order valence-electron chi connectivity index (χ3n) is 8.06. The Bertz CT molecular complexity index is 878. The van der Waals surface area contributed by atoms with Gasteiger partial charge in [0.05, 0.1) is 6.67 Å². The van der Waals surface area contributed by atoms with Gasteiger partial charge in [-0.15, -0.1) is 0 Å². The molecule has 0 N–H and O–H groups in total. The quantitative estimate of drug-likeness (QED) is 0.385. The number of halogens is 3. The van der Waals surface area contributed by atoms with E-state index in [4.69, 9.17) is 4.74 Å². The van der Waals surface area contributed by atoms with Crippen molar-refractivity contribution in [1.29, 1.82) is 0 Å². The van der Waals surface area contributed by atoms with E-state index in [1.807, 2.05) is 12.1 Å². The van der Waals surface area contributed by atoms with Crippen LogP contribution in [0.4, 0.5) is 13.2 Å². The van der Waals surface area contributed by atoms with Gasteiger partial charge in [0.25, 0.3) is 0 Å². The third-order valence-corrected chi connectivity index (χ3v) is 8.06. The van der Waals surface area contributed by atoms with Crippen LogP contribution in [-0.4, -0.2) is 20.4 Å². The molecule has 0 saturated heterocycles. The Labute approximate surface area is 196 Å². The molecule has 2 fully saturated rings. The number of hydrogen-bond donors (Lipinski definition) is 0. The van der Waals surface area contributed by atoms with Crippen LogP contribution in [0.5, 0.6) is 0 Å². The van der Waals surface area contributed by atoms with Gasteiger partial charge in [-0.3, -0.25) is 4.39 Å². The molecular formula is C29H37F3O. The molecule has 4 rings (SSSR count). The Kier molecular flexibility index (Phi) is 8.51. The van der Waals surface area contributed by atoms with Crippen molar-refractivity contribution in [1.82, 2.24) is 0 Å². The minimum Gasteiger partial charge on any atom is -0.384 e. The molecule has 2 aliphatic rings. The van der Waals surface area contributed by atoms with Crippen molar-refractivity contribution in [2.24, 2.45) is 11.8 Å². The summed E-state index contributed by atoms with van der Waals surface area (Å²) < 4.78 is 47.8. The first kappa shape index (κ1) is 24.3. The number of ether oxygens (including phenoxy) is 1. The van der Waals surface area contributed by atoms with Crippen molar-refractivity contribution in [3.05, 3.63) is 59.2 Å². The van der Waals surface area contributed by atoms with Gasteiger partial charge >= 0.3 is 0 Å². The standard InChI is InChI=1S/C29H37F3O/c1-33-19-21-6-10-24(11-7-21)26-17-29(32)27(18-28(26)31)25-14-12-23(13-15-25)22-8-4-20(5-9-22)3-2-16-30/h12-15,17-18,20-22,24H,2-11,16,19H2,1H3. The van der Waals surface area contributed by atoms with Crippen LogP contribution in [0.25, 0.3) is 11.1 Å². The van der Waals surface area contributed by atoms with Crippen molar-refractivity contribution >= 4 is 0 Å². The molecule has 2 aliphatic carbocycles. The zero-order valence-corrected chi connectivity index (χ0v) is 19.8. The zero-order chi connectivity index (χ0) is 23.2. The second kappa shape index (κ2) is 11.6. The first-order valence-corrected chi connectivity index (χ1v) is 12.7. The lowest BCUT2D eigenvalue weighted by Gasteiger charge is -2.29. The van der Waals surface area contributed by atoms with Crippen LogP contribution in [0, 0.1) is 23.5 Å². The number of benzene rings is 2. The predicted molar refractivity (Wildman–Crippen MR) is 128 cm³/mol. The second-order valence-corrected chi connectivity index (χ2v) is 10.2. The molecular weight excluding hydrogens is 421 g/mol. The molecule has 2 saturated carbocycles. The van der Waals surface area contributed by atoms with E-state index in [1.54, 1.807) is 7.11 Å². The molecule has 0 unspecified atom stereocenters. The van der Waals surface area contributed by atoms with E-state index in [0.717, 1.165) is 70.0 Å². The van der Waals surface area contributed by atoms with Crippen LogP contribution in [-0.2, 0) is 4.74 Å². The fourth-order valence-electron chi connectivity index (χ4n) is 6.06. The van der Waals surface area contributed by atoms with E-state index < -0.39 is 0 Å². The Morgan fingerprint density at radius 2 is 1.42 bits per heavy atom. The Hall–Kier alpha value is -1.81. The summed E-state index contributed by atoms with van der Waals surface area (Å²) in [7, 11) is 1.72. The molecule has 0 bridgehead atoms. The normalized spacial score (nSPS) is 25.8. The summed E-state index contributed by atoms with van der Waals surface area (Å²) in [5.41, 5.74) is 2.86. The molecule has 2 aromatic carbocycles. The highest BCUT2D eigenvalue weighted by atomic mass is 19.1. The van der Waals surface area contributed by atoms with Crippen LogP contribution in [0.15, 0.2) is 36.4 Å². The molecule has 0 amide bonds. The largest absolute Gasteiger partial charge is 0.384 e. The fraction of sp³-hybridized carbons (Fsp3) is 0.586. The van der Waals surface area contributed by atoms with E-state index in [0.29, 0.717) is 35.3 Å². The molecule has 0 aliphatic heterocycles. The molecule has 0 spiro atoms. The van der Waals surface area contributed by atoms with E-state index in [1.165, 1.54) is 17.7 Å². The van der Waals surface area contributed by atoms with Crippen molar-refractivity contribution in [3.8, 4) is 11.1 Å². The summed E-state index contributed by atoms with van der Waals surface area (Å²) >= 11 is 0. The van der Waals surface area contributed by atoms with Gasteiger partial charge in [-0.1, -0.05) is 24.3 Å². The molecule has 180 valence electrons. The molecule has 2 aromatic rings. The topological polar surface area (TPSA) is 9.23 Å². The summed E-state index contributed by atoms with van der Waals surface area (Å²) in [6.45, 7) is 0.536. The van der Waals surface area contributed by atoms with Gasteiger partial charge in [-0.05, 0) is 117 Å². The molecule has 4 heteroatoms.